The fourth-order valence-electron chi connectivity index (χ4n) is 1.99. The van der Waals surface area contributed by atoms with Crippen molar-refractivity contribution in [2.75, 3.05) is 0 Å². The van der Waals surface area contributed by atoms with E-state index < -0.39 is 0 Å². The highest BCUT2D eigenvalue weighted by Crippen LogP contribution is 2.32. The molecule has 0 aliphatic rings. The van der Waals surface area contributed by atoms with Crippen molar-refractivity contribution >= 4 is 23.2 Å². The topological polar surface area (TPSA) is 9.23 Å². The Kier molecular flexibility index (Phi) is 5.33. The van der Waals surface area contributed by atoms with Gasteiger partial charge in [0.25, 0.3) is 0 Å². The van der Waals surface area contributed by atoms with Crippen LogP contribution >= 0.6 is 23.2 Å². The second kappa shape index (κ2) is 7.01. The van der Waals surface area contributed by atoms with E-state index in [9.17, 15) is 0 Å². The lowest BCUT2D eigenvalue weighted by atomic mass is 9.99. The molecule has 3 heteroatoms. The molecule has 0 bridgehead atoms. The summed E-state index contributed by atoms with van der Waals surface area (Å²) in [7, 11) is 0. The van der Waals surface area contributed by atoms with Gasteiger partial charge in [-0.25, -0.2) is 0 Å². The molecule has 0 heterocycles. The summed E-state index contributed by atoms with van der Waals surface area (Å²) >= 11 is 12.0. The second-order valence-corrected chi connectivity index (χ2v) is 5.51. The van der Waals surface area contributed by atoms with Crippen LogP contribution in [0.2, 0.25) is 5.02 Å². The molecular weight excluding hydrogens is 291 g/mol. The zero-order chi connectivity index (χ0) is 14.5. The van der Waals surface area contributed by atoms with E-state index in [1.54, 1.807) is 0 Å². The molecule has 0 N–H and O–H groups in total. The predicted octanol–water partition coefficient (Wildman–Crippen LogP) is 6.38. The van der Waals surface area contributed by atoms with E-state index in [1.165, 1.54) is 5.56 Å². The predicted molar refractivity (Wildman–Crippen MR) is 86.2 cm³/mol. The van der Waals surface area contributed by atoms with E-state index in [2.05, 4.69) is 26.0 Å². The van der Waals surface area contributed by atoms with E-state index in [4.69, 9.17) is 27.9 Å². The molecule has 2 aromatic rings. The minimum absolute atomic E-state index is 0.333. The van der Waals surface area contributed by atoms with Crippen LogP contribution in [0.4, 0.5) is 0 Å². The molecule has 0 fully saturated rings. The maximum atomic E-state index is 6.12. The molecule has 2 rings (SSSR count). The highest BCUT2D eigenvalue weighted by molar-refractivity contribution is 6.32. The van der Waals surface area contributed by atoms with Gasteiger partial charge in [0, 0.05) is 10.6 Å². The van der Waals surface area contributed by atoms with Crippen molar-refractivity contribution in [3.05, 3.63) is 58.6 Å². The van der Waals surface area contributed by atoms with Crippen molar-refractivity contribution < 1.29 is 4.74 Å². The maximum Gasteiger partial charge on any atom is 0.133 e. The van der Waals surface area contributed by atoms with Crippen LogP contribution in [-0.4, -0.2) is 0 Å². The molecule has 1 unspecified atom stereocenters. The first-order valence-electron chi connectivity index (χ1n) is 6.76. The number of hydrogen-bond acceptors (Lipinski definition) is 1. The van der Waals surface area contributed by atoms with E-state index in [-0.39, 0.29) is 0 Å². The van der Waals surface area contributed by atoms with Gasteiger partial charge in [0.2, 0.25) is 0 Å². The quantitative estimate of drug-likeness (QED) is 0.582. The lowest BCUT2D eigenvalue weighted by molar-refractivity contribution is 0.478. The Bertz CT molecular complexity index is 564. The van der Waals surface area contributed by atoms with E-state index in [0.29, 0.717) is 22.6 Å². The Balaban J connectivity index is 2.20. The van der Waals surface area contributed by atoms with Crippen LogP contribution in [0.5, 0.6) is 11.5 Å². The number of hydrogen-bond donors (Lipinski definition) is 0. The summed E-state index contributed by atoms with van der Waals surface area (Å²) in [6, 6.07) is 13.7. The van der Waals surface area contributed by atoms with Gasteiger partial charge in [0.05, 0.1) is 5.88 Å². The van der Waals surface area contributed by atoms with Crippen molar-refractivity contribution in [3.63, 3.8) is 0 Å². The van der Waals surface area contributed by atoms with Crippen LogP contribution in [0.25, 0.3) is 0 Å². The van der Waals surface area contributed by atoms with Crippen molar-refractivity contribution in [3.8, 4) is 11.5 Å². The molecule has 0 saturated carbocycles. The van der Waals surface area contributed by atoms with Gasteiger partial charge in [-0.3, -0.25) is 0 Å². The first-order valence-corrected chi connectivity index (χ1v) is 7.68. The van der Waals surface area contributed by atoms with Gasteiger partial charge >= 0.3 is 0 Å². The van der Waals surface area contributed by atoms with E-state index in [0.717, 1.165) is 17.7 Å². The Morgan fingerprint density at radius 3 is 2.40 bits per heavy atom. The second-order valence-electron chi connectivity index (χ2n) is 4.83. The first kappa shape index (κ1) is 15.2. The van der Waals surface area contributed by atoms with Crippen LogP contribution in [-0.2, 0) is 5.88 Å². The van der Waals surface area contributed by atoms with Gasteiger partial charge in [-0.2, -0.15) is 0 Å². The largest absolute Gasteiger partial charge is 0.457 e. The molecule has 0 aliphatic carbocycles. The Labute approximate surface area is 130 Å². The SMILES string of the molecule is CCC(C)c1ccc(Oc2cccc(Cl)c2CCl)cc1. The third-order valence-corrected chi connectivity index (χ3v) is 4.12. The zero-order valence-corrected chi connectivity index (χ0v) is 13.2. The molecular formula is C17H18Cl2O. The Morgan fingerprint density at radius 1 is 1.10 bits per heavy atom. The molecule has 0 saturated heterocycles. The van der Waals surface area contributed by atoms with Crippen molar-refractivity contribution in [1.82, 2.24) is 0 Å². The normalized spacial score (nSPS) is 12.2. The minimum Gasteiger partial charge on any atom is -0.457 e. The molecule has 0 radical (unpaired) electrons. The smallest absolute Gasteiger partial charge is 0.133 e. The molecule has 0 aliphatic heterocycles. The number of rotatable bonds is 5. The lowest BCUT2D eigenvalue weighted by Gasteiger charge is -2.13. The van der Waals surface area contributed by atoms with Gasteiger partial charge in [0.1, 0.15) is 11.5 Å². The molecule has 20 heavy (non-hydrogen) atoms. The van der Waals surface area contributed by atoms with Crippen molar-refractivity contribution in [2.45, 2.75) is 32.1 Å². The van der Waals surface area contributed by atoms with Crippen molar-refractivity contribution in [2.24, 2.45) is 0 Å². The number of ether oxygens (including phenoxy) is 1. The van der Waals surface area contributed by atoms with Crippen LogP contribution in [0, 0.1) is 0 Å². The van der Waals surface area contributed by atoms with Gasteiger partial charge in [-0.1, -0.05) is 43.6 Å². The van der Waals surface area contributed by atoms with Crippen LogP contribution in [0.1, 0.15) is 37.3 Å². The Hall–Kier alpha value is -1.18. The minimum atomic E-state index is 0.333. The Morgan fingerprint density at radius 2 is 1.80 bits per heavy atom. The molecule has 1 nitrogen and oxygen atoms in total. The monoisotopic (exact) mass is 308 g/mol. The standard InChI is InChI=1S/C17H18Cl2O/c1-3-12(2)13-7-9-14(10-8-13)20-17-6-4-5-16(19)15(17)11-18/h4-10,12H,3,11H2,1-2H3. The summed E-state index contributed by atoms with van der Waals surface area (Å²) in [6.45, 7) is 4.41. The molecule has 2 aromatic carbocycles. The highest BCUT2D eigenvalue weighted by atomic mass is 35.5. The van der Waals surface area contributed by atoms with Gasteiger partial charge < -0.3 is 4.74 Å². The van der Waals surface area contributed by atoms with Crippen LogP contribution < -0.4 is 4.74 Å². The summed E-state index contributed by atoms with van der Waals surface area (Å²) < 4.78 is 5.88. The van der Waals surface area contributed by atoms with E-state index in [1.807, 2.05) is 30.3 Å². The van der Waals surface area contributed by atoms with Gasteiger partial charge in [0.15, 0.2) is 0 Å². The van der Waals surface area contributed by atoms with E-state index >= 15 is 0 Å². The summed E-state index contributed by atoms with van der Waals surface area (Å²) in [6.07, 6.45) is 1.13. The average molecular weight is 309 g/mol. The molecule has 0 spiro atoms. The molecule has 1 atom stereocenters. The van der Waals surface area contributed by atoms with Crippen LogP contribution in [0.15, 0.2) is 42.5 Å². The van der Waals surface area contributed by atoms with Gasteiger partial charge in [-0.05, 0) is 42.2 Å². The van der Waals surface area contributed by atoms with Crippen molar-refractivity contribution in [1.29, 1.82) is 0 Å². The fraction of sp³-hybridized carbons (Fsp3) is 0.294. The fourth-order valence-corrected chi connectivity index (χ4v) is 2.57. The molecule has 0 aromatic heterocycles. The van der Waals surface area contributed by atoms with Gasteiger partial charge in [-0.15, -0.1) is 11.6 Å². The molecule has 106 valence electrons. The number of halogens is 2. The summed E-state index contributed by atoms with van der Waals surface area (Å²) in [5.41, 5.74) is 2.14. The summed E-state index contributed by atoms with van der Waals surface area (Å²) in [4.78, 5) is 0. The molecule has 0 amide bonds. The highest BCUT2D eigenvalue weighted by Gasteiger charge is 2.09. The third kappa shape index (κ3) is 3.47. The summed E-state index contributed by atoms with van der Waals surface area (Å²) in [5, 5.41) is 0.633. The lowest BCUT2D eigenvalue weighted by Crippen LogP contribution is -1.93. The zero-order valence-electron chi connectivity index (χ0n) is 11.7. The summed E-state index contributed by atoms with van der Waals surface area (Å²) in [5.74, 6) is 2.41. The average Bonchev–Trinajstić information content (AvgIpc) is 2.47. The number of benzene rings is 2. The maximum absolute atomic E-state index is 6.12. The first-order chi connectivity index (χ1) is 9.65. The third-order valence-electron chi connectivity index (χ3n) is 3.50. The van der Waals surface area contributed by atoms with Crippen LogP contribution in [0.3, 0.4) is 0 Å². The number of alkyl halides is 1.